The van der Waals surface area contributed by atoms with Crippen molar-refractivity contribution >= 4 is 0 Å². The fourth-order valence-electron chi connectivity index (χ4n) is 2.84. The molecule has 0 aromatic heterocycles. The van der Waals surface area contributed by atoms with Crippen molar-refractivity contribution in [2.45, 2.75) is 116 Å². The normalized spacial score (nSPS) is 11.5. The van der Waals surface area contributed by atoms with Crippen molar-refractivity contribution in [3.05, 3.63) is 0 Å². The first-order valence-electron chi connectivity index (χ1n) is 9.75. The van der Waals surface area contributed by atoms with E-state index in [1.165, 1.54) is 89.9 Å². The van der Waals surface area contributed by atoms with Gasteiger partial charge in [0.15, 0.2) is 0 Å². The Bertz CT molecular complexity index is 195. The molecule has 0 aliphatic heterocycles. The smallest absolute Gasteiger partial charge is 0.266 e. The molecule has 0 amide bonds. The molecule has 0 aliphatic rings. The number of aliphatic hydroxyl groups is 2. The van der Waals surface area contributed by atoms with Crippen LogP contribution in [0.15, 0.2) is 0 Å². The maximum Gasteiger partial charge on any atom is 0.266 e. The number of aliphatic hydroxyl groups excluding tert-OH is 1. The van der Waals surface area contributed by atoms with Crippen LogP contribution >= 0.6 is 0 Å². The molecule has 0 aromatic carbocycles. The van der Waals surface area contributed by atoms with E-state index >= 15 is 0 Å². The van der Waals surface area contributed by atoms with Crippen LogP contribution in [0.3, 0.4) is 0 Å². The van der Waals surface area contributed by atoms with Gasteiger partial charge in [0.25, 0.3) is 6.48 Å². The van der Waals surface area contributed by atoms with Crippen LogP contribution in [0.1, 0.15) is 110 Å². The van der Waals surface area contributed by atoms with Crippen LogP contribution in [0.4, 0.5) is 0 Å². The maximum absolute atomic E-state index is 8.51. The van der Waals surface area contributed by atoms with E-state index in [1.54, 1.807) is 0 Å². The van der Waals surface area contributed by atoms with Crippen LogP contribution in [-0.2, 0) is 4.74 Å². The Hall–Kier alpha value is -0.120. The third kappa shape index (κ3) is 19.9. The highest BCUT2D eigenvalue weighted by molar-refractivity contribution is 4.49. The zero-order valence-corrected chi connectivity index (χ0v) is 14.9. The molecule has 0 saturated carbocycles. The molecule has 0 fully saturated rings. The number of hydrogen-bond acceptors (Lipinski definition) is 3. The molecule has 0 atom stereocenters. The lowest BCUT2D eigenvalue weighted by atomic mass is 10.0. The van der Waals surface area contributed by atoms with E-state index in [4.69, 9.17) is 10.2 Å². The van der Waals surface area contributed by atoms with Crippen LogP contribution in [0.2, 0.25) is 0 Å². The van der Waals surface area contributed by atoms with Crippen LogP contribution < -0.4 is 0 Å². The van der Waals surface area contributed by atoms with E-state index in [0.717, 1.165) is 12.8 Å². The first-order valence-corrected chi connectivity index (χ1v) is 9.75. The topological polar surface area (TPSA) is 49.7 Å². The predicted octanol–water partition coefficient (Wildman–Crippen LogP) is 5.53. The van der Waals surface area contributed by atoms with E-state index < -0.39 is 6.48 Å². The van der Waals surface area contributed by atoms with Gasteiger partial charge in [-0.25, -0.2) is 0 Å². The second-order valence-electron chi connectivity index (χ2n) is 6.50. The molecule has 0 radical (unpaired) electrons. The Morgan fingerprint density at radius 3 is 1.18 bits per heavy atom. The van der Waals surface area contributed by atoms with Gasteiger partial charge in [-0.15, -0.1) is 0 Å². The molecule has 0 spiro atoms. The Morgan fingerprint density at radius 1 is 0.545 bits per heavy atom. The van der Waals surface area contributed by atoms with E-state index in [9.17, 15) is 0 Å². The van der Waals surface area contributed by atoms with Crippen molar-refractivity contribution in [2.24, 2.45) is 0 Å². The third-order valence-electron chi connectivity index (χ3n) is 4.26. The highest BCUT2D eigenvalue weighted by Gasteiger charge is 1.97. The lowest BCUT2D eigenvalue weighted by molar-refractivity contribution is -0.234. The minimum atomic E-state index is -1.60. The molecular weight excluding hydrogens is 276 g/mol. The minimum Gasteiger partial charge on any atom is -0.346 e. The van der Waals surface area contributed by atoms with Gasteiger partial charge in [-0.3, -0.25) is 0 Å². The van der Waals surface area contributed by atoms with Gasteiger partial charge in [-0.2, -0.15) is 0 Å². The molecule has 22 heavy (non-hydrogen) atoms. The monoisotopic (exact) mass is 316 g/mol. The number of hydrogen-bond donors (Lipinski definition) is 2. The first kappa shape index (κ1) is 21.9. The van der Waals surface area contributed by atoms with Gasteiger partial charge < -0.3 is 14.9 Å². The molecular formula is C19H40O3. The van der Waals surface area contributed by atoms with Crippen LogP contribution in [0, 0.1) is 0 Å². The number of unbranched alkanes of at least 4 members (excludes halogenated alkanes) is 15. The summed E-state index contributed by atoms with van der Waals surface area (Å²) in [4.78, 5) is 0. The fraction of sp³-hybridized carbons (Fsp3) is 1.00. The molecule has 0 saturated heterocycles. The Kier molecular flexibility index (Phi) is 18.8. The average Bonchev–Trinajstić information content (AvgIpc) is 2.50. The van der Waals surface area contributed by atoms with E-state index in [2.05, 4.69) is 11.7 Å². The van der Waals surface area contributed by atoms with Gasteiger partial charge in [0.1, 0.15) is 0 Å². The maximum atomic E-state index is 8.51. The summed E-state index contributed by atoms with van der Waals surface area (Å²) in [5.41, 5.74) is 0. The van der Waals surface area contributed by atoms with Crippen molar-refractivity contribution in [2.75, 3.05) is 6.61 Å². The van der Waals surface area contributed by atoms with E-state index in [1.807, 2.05) is 0 Å². The second-order valence-corrected chi connectivity index (χ2v) is 6.50. The summed E-state index contributed by atoms with van der Waals surface area (Å²) >= 11 is 0. The standard InChI is InChI=1S/C19H40O3/c1-2-3-4-5-6-7-8-9-10-11-12-13-14-15-16-17-18-22-19(20)21/h19-21H,2-18H2,1H3. The van der Waals surface area contributed by atoms with Gasteiger partial charge in [-0.1, -0.05) is 103 Å². The quantitative estimate of drug-likeness (QED) is 0.258. The van der Waals surface area contributed by atoms with Gasteiger partial charge in [0, 0.05) is 0 Å². The number of rotatable bonds is 18. The third-order valence-corrected chi connectivity index (χ3v) is 4.26. The molecule has 134 valence electrons. The van der Waals surface area contributed by atoms with Gasteiger partial charge in [0.05, 0.1) is 6.61 Å². The molecule has 0 bridgehead atoms. The van der Waals surface area contributed by atoms with E-state index in [0.29, 0.717) is 6.61 Å². The lowest BCUT2D eigenvalue weighted by Gasteiger charge is -2.05. The van der Waals surface area contributed by atoms with Crippen LogP contribution in [0.25, 0.3) is 0 Å². The minimum absolute atomic E-state index is 0.454. The molecule has 0 heterocycles. The summed E-state index contributed by atoms with van der Waals surface area (Å²) in [6.07, 6.45) is 21.5. The highest BCUT2D eigenvalue weighted by Crippen LogP contribution is 2.13. The molecule has 0 aromatic rings. The Morgan fingerprint density at radius 2 is 0.864 bits per heavy atom. The number of ether oxygens (including phenoxy) is 1. The van der Waals surface area contributed by atoms with Gasteiger partial charge in [-0.05, 0) is 6.42 Å². The van der Waals surface area contributed by atoms with Crippen LogP contribution in [0.5, 0.6) is 0 Å². The highest BCUT2D eigenvalue weighted by atomic mass is 16.7. The summed E-state index contributed by atoms with van der Waals surface area (Å²) < 4.78 is 4.67. The van der Waals surface area contributed by atoms with Crippen molar-refractivity contribution in [3.63, 3.8) is 0 Å². The summed E-state index contributed by atoms with van der Waals surface area (Å²) in [6.45, 7) is 1.13. The molecule has 3 nitrogen and oxygen atoms in total. The largest absolute Gasteiger partial charge is 0.346 e. The fourth-order valence-corrected chi connectivity index (χ4v) is 2.84. The SMILES string of the molecule is CCCCCCCCCCCCCCCCCCOC(O)O. The molecule has 0 unspecified atom stereocenters. The molecule has 0 rings (SSSR count). The molecule has 0 aliphatic carbocycles. The average molecular weight is 317 g/mol. The summed E-state index contributed by atoms with van der Waals surface area (Å²) in [5, 5.41) is 17.0. The zero-order chi connectivity index (χ0) is 16.3. The lowest BCUT2D eigenvalue weighted by Crippen LogP contribution is -2.10. The first-order chi connectivity index (χ1) is 10.8. The summed E-state index contributed by atoms with van der Waals surface area (Å²) in [7, 11) is 0. The summed E-state index contributed by atoms with van der Waals surface area (Å²) in [6, 6.07) is 0. The van der Waals surface area contributed by atoms with E-state index in [-0.39, 0.29) is 0 Å². The van der Waals surface area contributed by atoms with Crippen molar-refractivity contribution in [3.8, 4) is 0 Å². The summed E-state index contributed by atoms with van der Waals surface area (Å²) in [5.74, 6) is 0. The Balaban J connectivity index is 2.94. The second kappa shape index (κ2) is 18.9. The van der Waals surface area contributed by atoms with Crippen molar-refractivity contribution < 1.29 is 14.9 Å². The van der Waals surface area contributed by atoms with Crippen molar-refractivity contribution in [1.29, 1.82) is 0 Å². The molecule has 3 heteroatoms. The predicted molar refractivity (Wildman–Crippen MR) is 93.7 cm³/mol. The van der Waals surface area contributed by atoms with Crippen molar-refractivity contribution in [1.82, 2.24) is 0 Å². The zero-order valence-electron chi connectivity index (χ0n) is 14.9. The van der Waals surface area contributed by atoms with Gasteiger partial charge in [0.2, 0.25) is 0 Å². The van der Waals surface area contributed by atoms with Gasteiger partial charge >= 0.3 is 0 Å². The Labute approximate surface area is 138 Å². The molecule has 2 N–H and O–H groups in total. The van der Waals surface area contributed by atoms with Crippen LogP contribution in [-0.4, -0.2) is 23.3 Å².